The van der Waals surface area contributed by atoms with Crippen LogP contribution < -0.4 is 0 Å². The van der Waals surface area contributed by atoms with Gasteiger partial charge in [0.05, 0.1) is 12.3 Å². The second-order valence-corrected chi connectivity index (χ2v) is 3.74. The molecule has 0 fully saturated rings. The predicted molar refractivity (Wildman–Crippen MR) is 58.7 cm³/mol. The summed E-state index contributed by atoms with van der Waals surface area (Å²) in [6.07, 6.45) is 2.94. The molecule has 90 valence electrons. The molecule has 0 spiro atoms. The Kier molecular flexibility index (Phi) is 3.19. The zero-order chi connectivity index (χ0) is 12.4. The van der Waals surface area contributed by atoms with Gasteiger partial charge in [-0.25, -0.2) is 13.5 Å². The van der Waals surface area contributed by atoms with Crippen LogP contribution >= 0.6 is 0 Å². The van der Waals surface area contributed by atoms with E-state index in [2.05, 4.69) is 5.10 Å². The van der Waals surface area contributed by atoms with Gasteiger partial charge in [0.2, 0.25) is 0 Å². The number of aliphatic hydroxyl groups is 1. The van der Waals surface area contributed by atoms with Gasteiger partial charge in [0, 0.05) is 17.8 Å². The van der Waals surface area contributed by atoms with Crippen molar-refractivity contribution >= 4 is 0 Å². The topological polar surface area (TPSA) is 38.1 Å². The summed E-state index contributed by atoms with van der Waals surface area (Å²) in [6, 6.07) is 3.27. The van der Waals surface area contributed by atoms with E-state index in [0.29, 0.717) is 12.0 Å². The minimum absolute atomic E-state index is 0.154. The third kappa shape index (κ3) is 2.34. The van der Waals surface area contributed by atoms with Crippen molar-refractivity contribution in [1.82, 2.24) is 9.78 Å². The lowest BCUT2D eigenvalue weighted by atomic mass is 10.2. The SMILES string of the molecule is CCC(O)c1cnn(-c2ccc(F)cc2F)c1. The van der Waals surface area contributed by atoms with Crippen molar-refractivity contribution < 1.29 is 13.9 Å². The molecule has 1 heterocycles. The molecule has 0 bridgehead atoms. The minimum atomic E-state index is -0.689. The van der Waals surface area contributed by atoms with E-state index in [4.69, 9.17) is 0 Å². The molecule has 0 aliphatic rings. The molecule has 0 amide bonds. The first-order valence-electron chi connectivity index (χ1n) is 5.30. The number of aliphatic hydroxyl groups excluding tert-OH is 1. The van der Waals surface area contributed by atoms with Gasteiger partial charge < -0.3 is 5.11 Å². The number of aromatic nitrogens is 2. The maximum Gasteiger partial charge on any atom is 0.151 e. The average Bonchev–Trinajstić information content (AvgIpc) is 2.77. The molecule has 0 saturated heterocycles. The molecule has 0 radical (unpaired) electrons. The zero-order valence-corrected chi connectivity index (χ0v) is 9.27. The highest BCUT2D eigenvalue weighted by molar-refractivity contribution is 5.33. The number of halogens is 2. The number of hydrogen-bond donors (Lipinski definition) is 1. The lowest BCUT2D eigenvalue weighted by Crippen LogP contribution is -1.99. The van der Waals surface area contributed by atoms with Crippen LogP contribution in [0.2, 0.25) is 0 Å². The van der Waals surface area contributed by atoms with Gasteiger partial charge in [-0.05, 0) is 18.6 Å². The fourth-order valence-corrected chi connectivity index (χ4v) is 1.54. The quantitative estimate of drug-likeness (QED) is 0.892. The summed E-state index contributed by atoms with van der Waals surface area (Å²) in [6.45, 7) is 1.83. The van der Waals surface area contributed by atoms with E-state index in [1.165, 1.54) is 23.1 Å². The van der Waals surface area contributed by atoms with E-state index in [1.54, 1.807) is 0 Å². The molecule has 0 aliphatic heterocycles. The molecule has 5 heteroatoms. The second-order valence-electron chi connectivity index (χ2n) is 3.74. The Morgan fingerprint density at radius 3 is 2.82 bits per heavy atom. The molecule has 0 saturated carbocycles. The first-order chi connectivity index (χ1) is 8.11. The summed E-state index contributed by atoms with van der Waals surface area (Å²) in [5.41, 5.74) is 0.761. The van der Waals surface area contributed by atoms with E-state index >= 15 is 0 Å². The Morgan fingerprint density at radius 1 is 1.41 bits per heavy atom. The van der Waals surface area contributed by atoms with Gasteiger partial charge in [-0.15, -0.1) is 0 Å². The van der Waals surface area contributed by atoms with Crippen LogP contribution in [0.1, 0.15) is 25.0 Å². The highest BCUT2D eigenvalue weighted by atomic mass is 19.1. The van der Waals surface area contributed by atoms with Crippen LogP contribution in [0.4, 0.5) is 8.78 Å². The predicted octanol–water partition coefficient (Wildman–Crippen LogP) is 2.59. The summed E-state index contributed by atoms with van der Waals surface area (Å²) < 4.78 is 27.5. The molecular weight excluding hydrogens is 226 g/mol. The van der Waals surface area contributed by atoms with Crippen molar-refractivity contribution in [2.75, 3.05) is 0 Å². The van der Waals surface area contributed by atoms with Crippen molar-refractivity contribution in [1.29, 1.82) is 0 Å². The second kappa shape index (κ2) is 4.63. The zero-order valence-electron chi connectivity index (χ0n) is 9.27. The normalized spacial score (nSPS) is 12.7. The van der Waals surface area contributed by atoms with E-state index in [-0.39, 0.29) is 5.69 Å². The smallest absolute Gasteiger partial charge is 0.151 e. The Morgan fingerprint density at radius 2 is 2.18 bits per heavy atom. The number of hydrogen-bond acceptors (Lipinski definition) is 2. The van der Waals surface area contributed by atoms with Crippen LogP contribution in [0.5, 0.6) is 0 Å². The fourth-order valence-electron chi connectivity index (χ4n) is 1.54. The molecular formula is C12H12F2N2O. The molecule has 2 rings (SSSR count). The summed E-state index contributed by atoms with van der Waals surface area (Å²) in [5, 5.41) is 13.5. The van der Waals surface area contributed by atoms with Crippen molar-refractivity contribution in [2.45, 2.75) is 19.4 Å². The summed E-state index contributed by atoms with van der Waals surface area (Å²) in [5.74, 6) is -1.32. The molecule has 1 unspecified atom stereocenters. The van der Waals surface area contributed by atoms with Gasteiger partial charge in [-0.2, -0.15) is 5.10 Å². The lowest BCUT2D eigenvalue weighted by molar-refractivity contribution is 0.173. The minimum Gasteiger partial charge on any atom is -0.388 e. The third-order valence-corrected chi connectivity index (χ3v) is 2.53. The standard InChI is InChI=1S/C12H12F2N2O/c1-2-12(17)8-6-15-16(7-8)11-4-3-9(13)5-10(11)14/h3-7,12,17H,2H2,1H3. The Labute approximate surface area is 97.3 Å². The first-order valence-corrected chi connectivity index (χ1v) is 5.30. The Hall–Kier alpha value is -1.75. The van der Waals surface area contributed by atoms with Crippen LogP contribution in [0.25, 0.3) is 5.69 Å². The molecule has 17 heavy (non-hydrogen) atoms. The summed E-state index contributed by atoms with van der Waals surface area (Å²) in [7, 11) is 0. The molecule has 1 aromatic heterocycles. The molecule has 1 atom stereocenters. The largest absolute Gasteiger partial charge is 0.388 e. The Bertz CT molecular complexity index is 525. The summed E-state index contributed by atoms with van der Waals surface area (Å²) in [4.78, 5) is 0. The maximum atomic E-state index is 13.5. The first kappa shape index (κ1) is 11.7. The van der Waals surface area contributed by atoms with Crippen molar-refractivity contribution in [2.24, 2.45) is 0 Å². The highest BCUT2D eigenvalue weighted by Crippen LogP contribution is 2.19. The van der Waals surface area contributed by atoms with Crippen LogP contribution in [0.15, 0.2) is 30.6 Å². The van der Waals surface area contributed by atoms with Crippen molar-refractivity contribution in [3.05, 3.63) is 47.8 Å². The molecule has 1 aromatic carbocycles. The highest BCUT2D eigenvalue weighted by Gasteiger charge is 2.11. The molecule has 3 nitrogen and oxygen atoms in total. The monoisotopic (exact) mass is 238 g/mol. The van der Waals surface area contributed by atoms with E-state index in [9.17, 15) is 13.9 Å². The number of rotatable bonds is 3. The van der Waals surface area contributed by atoms with Crippen LogP contribution in [-0.4, -0.2) is 14.9 Å². The van der Waals surface area contributed by atoms with E-state index < -0.39 is 17.7 Å². The van der Waals surface area contributed by atoms with Crippen LogP contribution in [-0.2, 0) is 0 Å². The van der Waals surface area contributed by atoms with Crippen LogP contribution in [0.3, 0.4) is 0 Å². The van der Waals surface area contributed by atoms with Gasteiger partial charge in [0.15, 0.2) is 5.82 Å². The lowest BCUT2D eigenvalue weighted by Gasteiger charge is -2.04. The number of nitrogens with zero attached hydrogens (tertiary/aromatic N) is 2. The summed E-state index contributed by atoms with van der Waals surface area (Å²) >= 11 is 0. The van der Waals surface area contributed by atoms with Crippen LogP contribution in [0, 0.1) is 11.6 Å². The Balaban J connectivity index is 2.37. The average molecular weight is 238 g/mol. The molecule has 0 aliphatic carbocycles. The number of benzene rings is 1. The van der Waals surface area contributed by atoms with E-state index in [0.717, 1.165) is 12.1 Å². The van der Waals surface area contributed by atoms with Crippen molar-refractivity contribution in [3.63, 3.8) is 0 Å². The fraction of sp³-hybridized carbons (Fsp3) is 0.250. The van der Waals surface area contributed by atoms with Gasteiger partial charge in [-0.3, -0.25) is 0 Å². The third-order valence-electron chi connectivity index (χ3n) is 2.53. The van der Waals surface area contributed by atoms with Crippen molar-refractivity contribution in [3.8, 4) is 5.69 Å². The van der Waals surface area contributed by atoms with E-state index in [1.807, 2.05) is 6.92 Å². The van der Waals surface area contributed by atoms with Gasteiger partial charge in [0.25, 0.3) is 0 Å². The van der Waals surface area contributed by atoms with Gasteiger partial charge >= 0.3 is 0 Å². The molecule has 1 N–H and O–H groups in total. The maximum absolute atomic E-state index is 13.5. The van der Waals surface area contributed by atoms with Gasteiger partial charge in [0.1, 0.15) is 11.5 Å². The van der Waals surface area contributed by atoms with Gasteiger partial charge in [-0.1, -0.05) is 6.92 Å². The molecule has 2 aromatic rings.